The second-order valence-corrected chi connectivity index (χ2v) is 6.20. The van der Waals surface area contributed by atoms with Gasteiger partial charge in [0.05, 0.1) is 6.42 Å². The lowest BCUT2D eigenvalue weighted by Crippen LogP contribution is -2.32. The molecular weight excluding hydrogens is 260 g/mol. The van der Waals surface area contributed by atoms with Crippen LogP contribution in [0.3, 0.4) is 0 Å². The van der Waals surface area contributed by atoms with Crippen molar-refractivity contribution in [3.05, 3.63) is 59.7 Å². The van der Waals surface area contributed by atoms with Gasteiger partial charge in [-0.3, -0.25) is 4.79 Å². The number of anilines is 2. The normalized spacial score (nSPS) is 17.8. The summed E-state index contributed by atoms with van der Waals surface area (Å²) in [7, 11) is 0. The Morgan fingerprint density at radius 2 is 1.81 bits per heavy atom. The van der Waals surface area contributed by atoms with E-state index in [9.17, 15) is 4.79 Å². The van der Waals surface area contributed by atoms with E-state index in [0.717, 1.165) is 23.5 Å². The molecule has 1 saturated carbocycles. The maximum Gasteiger partial charge on any atom is 0.231 e. The molecule has 1 spiro atoms. The first-order valence-electron chi connectivity index (χ1n) is 7.42. The van der Waals surface area contributed by atoms with Gasteiger partial charge in [0, 0.05) is 23.3 Å². The summed E-state index contributed by atoms with van der Waals surface area (Å²) in [5.74, 6) is 0.177. The topological polar surface area (TPSA) is 46.3 Å². The van der Waals surface area contributed by atoms with E-state index in [2.05, 4.69) is 18.2 Å². The van der Waals surface area contributed by atoms with Crippen molar-refractivity contribution in [2.45, 2.75) is 24.7 Å². The van der Waals surface area contributed by atoms with E-state index < -0.39 is 0 Å². The summed E-state index contributed by atoms with van der Waals surface area (Å²) in [6, 6.07) is 15.9. The highest BCUT2D eigenvalue weighted by Gasteiger charge is 2.52. The van der Waals surface area contributed by atoms with Gasteiger partial charge in [-0.25, -0.2) is 0 Å². The molecule has 0 radical (unpaired) electrons. The van der Waals surface area contributed by atoms with Crippen LogP contribution in [0.2, 0.25) is 0 Å². The highest BCUT2D eigenvalue weighted by molar-refractivity contribution is 5.98. The van der Waals surface area contributed by atoms with Crippen LogP contribution in [0.15, 0.2) is 48.5 Å². The van der Waals surface area contributed by atoms with E-state index in [1.807, 2.05) is 35.2 Å². The molecular formula is C18H18N2O. The van der Waals surface area contributed by atoms with Crippen molar-refractivity contribution in [3.63, 3.8) is 0 Å². The Bertz CT molecular complexity index is 701. The van der Waals surface area contributed by atoms with Gasteiger partial charge in [0.25, 0.3) is 0 Å². The van der Waals surface area contributed by atoms with Crippen molar-refractivity contribution in [1.82, 2.24) is 0 Å². The van der Waals surface area contributed by atoms with Crippen LogP contribution in [-0.4, -0.2) is 12.5 Å². The third-order valence-electron chi connectivity index (χ3n) is 4.72. The van der Waals surface area contributed by atoms with Crippen molar-refractivity contribution in [2.24, 2.45) is 0 Å². The summed E-state index contributed by atoms with van der Waals surface area (Å²) in [4.78, 5) is 14.6. The molecule has 0 saturated heterocycles. The van der Waals surface area contributed by atoms with Crippen LogP contribution in [0.5, 0.6) is 0 Å². The summed E-state index contributed by atoms with van der Waals surface area (Å²) < 4.78 is 0. The van der Waals surface area contributed by atoms with Gasteiger partial charge in [0.1, 0.15) is 0 Å². The van der Waals surface area contributed by atoms with E-state index in [0.29, 0.717) is 6.42 Å². The SMILES string of the molecule is Nc1ccc(CC(=O)N2CC3(CC3)c3ccccc32)cc1. The second-order valence-electron chi connectivity index (χ2n) is 6.20. The first-order chi connectivity index (χ1) is 10.2. The van der Waals surface area contributed by atoms with Crippen LogP contribution < -0.4 is 10.6 Å². The zero-order valence-electron chi connectivity index (χ0n) is 11.9. The lowest BCUT2D eigenvalue weighted by Gasteiger charge is -2.18. The fourth-order valence-corrected chi connectivity index (χ4v) is 3.34. The molecule has 3 heteroatoms. The lowest BCUT2D eigenvalue weighted by molar-refractivity contribution is -0.117. The molecule has 106 valence electrons. The third-order valence-corrected chi connectivity index (χ3v) is 4.72. The van der Waals surface area contributed by atoms with Gasteiger partial charge in [-0.05, 0) is 42.2 Å². The molecule has 2 N–H and O–H groups in total. The molecule has 2 aromatic carbocycles. The maximum atomic E-state index is 12.7. The van der Waals surface area contributed by atoms with Gasteiger partial charge in [0.2, 0.25) is 5.91 Å². The van der Waals surface area contributed by atoms with Crippen LogP contribution in [0.4, 0.5) is 11.4 Å². The smallest absolute Gasteiger partial charge is 0.231 e. The summed E-state index contributed by atoms with van der Waals surface area (Å²) in [5.41, 5.74) is 10.2. The number of nitrogens with zero attached hydrogens (tertiary/aromatic N) is 1. The molecule has 1 heterocycles. The van der Waals surface area contributed by atoms with E-state index in [1.54, 1.807) is 0 Å². The van der Waals surface area contributed by atoms with Crippen molar-refractivity contribution in [1.29, 1.82) is 0 Å². The van der Waals surface area contributed by atoms with Crippen LogP contribution >= 0.6 is 0 Å². The third kappa shape index (κ3) is 2.00. The number of amides is 1. The van der Waals surface area contributed by atoms with Crippen LogP contribution in [0, 0.1) is 0 Å². The fraction of sp³-hybridized carbons (Fsp3) is 0.278. The summed E-state index contributed by atoms with van der Waals surface area (Å²) in [6.45, 7) is 0.847. The van der Waals surface area contributed by atoms with E-state index >= 15 is 0 Å². The number of benzene rings is 2. The van der Waals surface area contributed by atoms with Gasteiger partial charge >= 0.3 is 0 Å². The Hall–Kier alpha value is -2.29. The Balaban J connectivity index is 1.60. The minimum Gasteiger partial charge on any atom is -0.399 e. The molecule has 0 aromatic heterocycles. The monoisotopic (exact) mass is 278 g/mol. The number of rotatable bonds is 2. The molecule has 1 aliphatic carbocycles. The zero-order chi connectivity index (χ0) is 14.4. The number of carbonyl (C=O) groups excluding carboxylic acids is 1. The molecule has 2 aromatic rings. The van der Waals surface area contributed by atoms with Crippen LogP contribution in [0.25, 0.3) is 0 Å². The van der Waals surface area contributed by atoms with E-state index in [-0.39, 0.29) is 11.3 Å². The number of carbonyl (C=O) groups is 1. The molecule has 1 aliphatic heterocycles. The first kappa shape index (κ1) is 12.5. The average molecular weight is 278 g/mol. The predicted molar refractivity (Wildman–Crippen MR) is 84.3 cm³/mol. The summed E-state index contributed by atoms with van der Waals surface area (Å²) in [6.07, 6.45) is 2.84. The fourth-order valence-electron chi connectivity index (χ4n) is 3.34. The molecule has 1 amide bonds. The number of para-hydroxylation sites is 1. The first-order valence-corrected chi connectivity index (χ1v) is 7.42. The summed E-state index contributed by atoms with van der Waals surface area (Å²) in [5, 5.41) is 0. The number of nitrogen functional groups attached to an aromatic ring is 1. The Labute approximate surface area is 124 Å². The molecule has 3 nitrogen and oxygen atoms in total. The van der Waals surface area contributed by atoms with Gasteiger partial charge < -0.3 is 10.6 Å². The standard InChI is InChI=1S/C18H18N2O/c19-14-7-5-13(6-8-14)11-17(21)20-12-18(9-10-18)15-3-1-2-4-16(15)20/h1-8H,9-12,19H2. The van der Waals surface area contributed by atoms with Crippen LogP contribution in [-0.2, 0) is 16.6 Å². The van der Waals surface area contributed by atoms with Gasteiger partial charge in [0.15, 0.2) is 0 Å². The van der Waals surface area contributed by atoms with E-state index in [1.165, 1.54) is 18.4 Å². The molecule has 4 rings (SSSR count). The number of hydrogen-bond acceptors (Lipinski definition) is 2. The van der Waals surface area contributed by atoms with Crippen molar-refractivity contribution < 1.29 is 4.79 Å². The second kappa shape index (κ2) is 4.35. The molecule has 0 atom stereocenters. The van der Waals surface area contributed by atoms with E-state index in [4.69, 9.17) is 5.73 Å². The molecule has 21 heavy (non-hydrogen) atoms. The molecule has 2 aliphatic rings. The predicted octanol–water partition coefficient (Wildman–Crippen LogP) is 2.89. The van der Waals surface area contributed by atoms with Crippen molar-refractivity contribution >= 4 is 17.3 Å². The minimum atomic E-state index is 0.177. The van der Waals surface area contributed by atoms with Crippen molar-refractivity contribution in [2.75, 3.05) is 17.2 Å². The summed E-state index contributed by atoms with van der Waals surface area (Å²) >= 11 is 0. The molecule has 0 unspecified atom stereocenters. The minimum absolute atomic E-state index is 0.177. The lowest BCUT2D eigenvalue weighted by atomic mass is 9.99. The molecule has 0 bridgehead atoms. The largest absolute Gasteiger partial charge is 0.399 e. The molecule has 1 fully saturated rings. The highest BCUT2D eigenvalue weighted by atomic mass is 16.2. The zero-order valence-corrected chi connectivity index (χ0v) is 11.9. The van der Waals surface area contributed by atoms with Crippen molar-refractivity contribution in [3.8, 4) is 0 Å². The average Bonchev–Trinajstić information content (AvgIpc) is 3.20. The van der Waals surface area contributed by atoms with Crippen LogP contribution in [0.1, 0.15) is 24.0 Å². The highest BCUT2D eigenvalue weighted by Crippen LogP contribution is 2.56. The number of fused-ring (bicyclic) bond motifs is 2. The number of nitrogens with two attached hydrogens (primary N) is 1. The van der Waals surface area contributed by atoms with Gasteiger partial charge in [-0.15, -0.1) is 0 Å². The Morgan fingerprint density at radius 1 is 1.10 bits per heavy atom. The number of hydrogen-bond donors (Lipinski definition) is 1. The quantitative estimate of drug-likeness (QED) is 0.859. The maximum absolute atomic E-state index is 12.7. The van der Waals surface area contributed by atoms with Gasteiger partial charge in [-0.1, -0.05) is 30.3 Å². The Morgan fingerprint density at radius 3 is 2.52 bits per heavy atom. The Kier molecular flexibility index (Phi) is 2.58. The van der Waals surface area contributed by atoms with Gasteiger partial charge in [-0.2, -0.15) is 0 Å².